The molecule has 25 heavy (non-hydrogen) atoms. The van der Waals surface area contributed by atoms with Crippen molar-refractivity contribution in [3.63, 3.8) is 0 Å². The van der Waals surface area contributed by atoms with E-state index in [1.54, 1.807) is 24.1 Å². The highest BCUT2D eigenvalue weighted by atomic mass is 19.1. The molecule has 1 aromatic carbocycles. The van der Waals surface area contributed by atoms with Crippen molar-refractivity contribution in [3.05, 3.63) is 29.6 Å². The van der Waals surface area contributed by atoms with E-state index >= 15 is 0 Å². The van der Waals surface area contributed by atoms with Crippen molar-refractivity contribution in [2.24, 2.45) is 11.1 Å². The van der Waals surface area contributed by atoms with E-state index in [1.165, 1.54) is 6.07 Å². The van der Waals surface area contributed by atoms with Crippen LogP contribution in [0.2, 0.25) is 0 Å². The molecule has 140 valence electrons. The Morgan fingerprint density at radius 3 is 2.44 bits per heavy atom. The fraction of sp³-hybridized carbons (Fsp3) is 0.632. The Bertz CT molecular complexity index is 597. The van der Waals surface area contributed by atoms with Gasteiger partial charge in [-0.25, -0.2) is 4.39 Å². The molecule has 1 fully saturated rings. The number of carbonyl (C=O) groups excluding carboxylic acids is 1. The molecule has 1 heterocycles. The Balaban J connectivity index is 2.07. The number of halogens is 1. The van der Waals surface area contributed by atoms with Crippen LogP contribution in [0, 0.1) is 11.2 Å². The summed E-state index contributed by atoms with van der Waals surface area (Å²) in [5.41, 5.74) is 6.53. The van der Waals surface area contributed by atoms with Gasteiger partial charge in [-0.3, -0.25) is 4.79 Å². The van der Waals surface area contributed by atoms with Gasteiger partial charge in [-0.15, -0.1) is 0 Å². The maximum atomic E-state index is 14.6. The molecule has 2 N–H and O–H groups in total. The van der Waals surface area contributed by atoms with Crippen molar-refractivity contribution in [1.82, 2.24) is 9.80 Å². The number of nitrogens with two attached hydrogens (primary N) is 1. The summed E-state index contributed by atoms with van der Waals surface area (Å²) in [6, 6.07) is 4.81. The van der Waals surface area contributed by atoms with Crippen molar-refractivity contribution in [1.29, 1.82) is 0 Å². The molecule has 0 bridgehead atoms. The molecule has 0 aromatic heterocycles. The second-order valence-electron chi connectivity index (χ2n) is 7.62. The number of nitrogens with zero attached hydrogens (tertiary/aromatic N) is 3. The molecule has 0 aliphatic carbocycles. The molecule has 1 saturated heterocycles. The van der Waals surface area contributed by atoms with Crippen LogP contribution in [-0.4, -0.2) is 68.6 Å². The van der Waals surface area contributed by atoms with Crippen LogP contribution in [0.1, 0.15) is 31.1 Å². The standard InChI is InChI=1S/C19H31FN4O/c1-5-23-8-10-24(11-9-23)17-7-6-15(12-16(17)20)18(25)22(4)14-19(2,3)13-21/h6-7,12H,5,8-11,13-14,21H2,1-4H3. The largest absolute Gasteiger partial charge is 0.367 e. The molecular weight excluding hydrogens is 319 g/mol. The molecule has 1 amide bonds. The zero-order chi connectivity index (χ0) is 18.6. The monoisotopic (exact) mass is 350 g/mol. The minimum absolute atomic E-state index is 0.165. The van der Waals surface area contributed by atoms with E-state index in [2.05, 4.69) is 16.7 Å². The Morgan fingerprint density at radius 2 is 1.92 bits per heavy atom. The van der Waals surface area contributed by atoms with Crippen molar-refractivity contribution in [3.8, 4) is 0 Å². The maximum absolute atomic E-state index is 14.6. The number of piperazine rings is 1. The van der Waals surface area contributed by atoms with Crippen LogP contribution in [0.15, 0.2) is 18.2 Å². The highest BCUT2D eigenvalue weighted by Crippen LogP contribution is 2.23. The predicted octanol–water partition coefficient (Wildman–Crippen LogP) is 2.02. The van der Waals surface area contributed by atoms with Crippen molar-refractivity contribution >= 4 is 11.6 Å². The van der Waals surface area contributed by atoms with Gasteiger partial charge in [0.1, 0.15) is 5.82 Å². The van der Waals surface area contributed by atoms with Crippen LogP contribution in [-0.2, 0) is 0 Å². The lowest BCUT2D eigenvalue weighted by Gasteiger charge is -2.35. The summed E-state index contributed by atoms with van der Waals surface area (Å²) in [5, 5.41) is 0. The second-order valence-corrected chi connectivity index (χ2v) is 7.62. The summed E-state index contributed by atoms with van der Waals surface area (Å²) in [4.78, 5) is 18.6. The third kappa shape index (κ3) is 4.92. The van der Waals surface area contributed by atoms with Gasteiger partial charge in [0.15, 0.2) is 0 Å². The Hall–Kier alpha value is -1.66. The normalized spacial score (nSPS) is 16.2. The first-order valence-corrected chi connectivity index (χ1v) is 9.00. The zero-order valence-corrected chi connectivity index (χ0v) is 15.9. The van der Waals surface area contributed by atoms with Crippen molar-refractivity contribution < 1.29 is 9.18 Å². The average molecular weight is 350 g/mol. The average Bonchev–Trinajstić information content (AvgIpc) is 2.60. The summed E-state index contributed by atoms with van der Waals surface area (Å²) in [5.74, 6) is -0.509. The molecule has 0 spiro atoms. The van der Waals surface area contributed by atoms with Gasteiger partial charge in [-0.05, 0) is 36.7 Å². The minimum atomic E-state index is -0.331. The van der Waals surface area contributed by atoms with E-state index in [1.807, 2.05) is 13.8 Å². The van der Waals surface area contributed by atoms with Gasteiger partial charge in [0.25, 0.3) is 5.91 Å². The smallest absolute Gasteiger partial charge is 0.253 e. The number of anilines is 1. The molecule has 1 aromatic rings. The number of rotatable bonds is 6. The Morgan fingerprint density at radius 1 is 1.28 bits per heavy atom. The Labute approximate surface area is 150 Å². The van der Waals surface area contributed by atoms with Crippen LogP contribution in [0.3, 0.4) is 0 Å². The number of likely N-dealkylation sites (N-methyl/N-ethyl adjacent to an activating group) is 1. The Kier molecular flexibility index (Phi) is 6.41. The summed E-state index contributed by atoms with van der Waals surface area (Å²) in [6.45, 7) is 11.7. The molecule has 6 heteroatoms. The predicted molar refractivity (Wildman–Crippen MR) is 101 cm³/mol. The van der Waals surface area contributed by atoms with Gasteiger partial charge in [0, 0.05) is 45.3 Å². The van der Waals surface area contributed by atoms with Crippen LogP contribution in [0.4, 0.5) is 10.1 Å². The third-order valence-electron chi connectivity index (χ3n) is 4.92. The van der Waals surface area contributed by atoms with Gasteiger partial charge < -0.3 is 20.4 Å². The van der Waals surface area contributed by atoms with Gasteiger partial charge in [0.2, 0.25) is 0 Å². The summed E-state index contributed by atoms with van der Waals surface area (Å²) < 4.78 is 14.6. The molecular formula is C19H31FN4O. The van der Waals surface area contributed by atoms with E-state index in [9.17, 15) is 9.18 Å². The SMILES string of the molecule is CCN1CCN(c2ccc(C(=O)N(C)CC(C)(C)CN)cc2F)CC1. The molecule has 2 rings (SSSR count). The third-order valence-corrected chi connectivity index (χ3v) is 4.92. The fourth-order valence-electron chi connectivity index (χ4n) is 3.20. The van der Waals surface area contributed by atoms with E-state index in [0.29, 0.717) is 24.3 Å². The van der Waals surface area contributed by atoms with Crippen LogP contribution in [0.25, 0.3) is 0 Å². The summed E-state index contributed by atoms with van der Waals surface area (Å²) in [7, 11) is 1.73. The summed E-state index contributed by atoms with van der Waals surface area (Å²) in [6.07, 6.45) is 0. The first kappa shape index (κ1) is 19.7. The number of hydrogen-bond acceptors (Lipinski definition) is 4. The van der Waals surface area contributed by atoms with E-state index < -0.39 is 0 Å². The minimum Gasteiger partial charge on any atom is -0.367 e. The first-order valence-electron chi connectivity index (χ1n) is 9.00. The van der Waals surface area contributed by atoms with Crippen LogP contribution in [0.5, 0.6) is 0 Å². The van der Waals surface area contributed by atoms with E-state index in [-0.39, 0.29) is 17.1 Å². The molecule has 0 atom stereocenters. The zero-order valence-electron chi connectivity index (χ0n) is 15.9. The fourth-order valence-corrected chi connectivity index (χ4v) is 3.20. The molecule has 0 saturated carbocycles. The molecule has 0 unspecified atom stereocenters. The van der Waals surface area contributed by atoms with Crippen molar-refractivity contribution in [2.45, 2.75) is 20.8 Å². The van der Waals surface area contributed by atoms with Gasteiger partial charge in [0.05, 0.1) is 5.69 Å². The maximum Gasteiger partial charge on any atom is 0.253 e. The van der Waals surface area contributed by atoms with E-state index in [0.717, 1.165) is 32.7 Å². The lowest BCUT2D eigenvalue weighted by atomic mass is 9.93. The number of carbonyl (C=O) groups is 1. The highest BCUT2D eigenvalue weighted by molar-refractivity contribution is 5.94. The number of hydrogen-bond donors (Lipinski definition) is 1. The van der Waals surface area contributed by atoms with Gasteiger partial charge in [-0.2, -0.15) is 0 Å². The summed E-state index contributed by atoms with van der Waals surface area (Å²) >= 11 is 0. The number of benzene rings is 1. The van der Waals surface area contributed by atoms with Gasteiger partial charge in [-0.1, -0.05) is 20.8 Å². The van der Waals surface area contributed by atoms with Crippen molar-refractivity contribution in [2.75, 3.05) is 57.8 Å². The number of amides is 1. The quantitative estimate of drug-likeness (QED) is 0.853. The topological polar surface area (TPSA) is 52.8 Å². The van der Waals surface area contributed by atoms with Crippen LogP contribution < -0.4 is 10.6 Å². The molecule has 1 aliphatic heterocycles. The lowest BCUT2D eigenvalue weighted by Crippen LogP contribution is -2.46. The van der Waals surface area contributed by atoms with E-state index in [4.69, 9.17) is 5.73 Å². The van der Waals surface area contributed by atoms with Crippen LogP contribution >= 0.6 is 0 Å². The van der Waals surface area contributed by atoms with Gasteiger partial charge >= 0.3 is 0 Å². The highest BCUT2D eigenvalue weighted by Gasteiger charge is 2.24. The molecule has 1 aliphatic rings. The first-order chi connectivity index (χ1) is 11.8. The molecule has 5 nitrogen and oxygen atoms in total. The second kappa shape index (κ2) is 8.15. The lowest BCUT2D eigenvalue weighted by molar-refractivity contribution is 0.0740. The molecule has 0 radical (unpaired) electrons.